The summed E-state index contributed by atoms with van der Waals surface area (Å²) in [7, 11) is 1.45. The molecule has 3 amide bonds. The van der Waals surface area contributed by atoms with Crippen molar-refractivity contribution in [2.24, 2.45) is 5.92 Å². The Morgan fingerprint density at radius 2 is 2.24 bits per heavy atom. The van der Waals surface area contributed by atoms with E-state index < -0.39 is 17.2 Å². The molecule has 0 saturated heterocycles. The molecule has 0 fully saturated rings. The number of fused-ring (bicyclic) bond motifs is 1. The summed E-state index contributed by atoms with van der Waals surface area (Å²) in [6, 6.07) is 1.60. The van der Waals surface area contributed by atoms with Gasteiger partial charge in [-0.3, -0.25) is 10.1 Å². The summed E-state index contributed by atoms with van der Waals surface area (Å²) in [5.74, 6) is 0.779. The quantitative estimate of drug-likeness (QED) is 0.792. The van der Waals surface area contributed by atoms with Crippen LogP contribution in [0.2, 0.25) is 0 Å². The Bertz CT molecular complexity index is 786. The minimum atomic E-state index is -0.540. The van der Waals surface area contributed by atoms with E-state index in [-0.39, 0.29) is 0 Å². The van der Waals surface area contributed by atoms with Crippen molar-refractivity contribution in [2.75, 3.05) is 7.05 Å². The van der Waals surface area contributed by atoms with Crippen LogP contribution in [0.5, 0.6) is 0 Å². The van der Waals surface area contributed by atoms with Crippen molar-refractivity contribution in [1.29, 1.82) is 0 Å². The normalized spacial score (nSPS) is 17.6. The number of hydrogen-bond acceptors (Lipinski definition) is 7. The molecule has 3 rings (SSSR count). The molecule has 25 heavy (non-hydrogen) atoms. The lowest BCUT2D eigenvalue weighted by Crippen LogP contribution is -2.41. The van der Waals surface area contributed by atoms with Crippen molar-refractivity contribution >= 4 is 35.0 Å². The molecular weight excluding hydrogens is 360 g/mol. The zero-order valence-corrected chi connectivity index (χ0v) is 15.9. The van der Waals surface area contributed by atoms with Crippen LogP contribution in [0, 0.1) is 5.92 Å². The number of carbonyl (C=O) groups excluding carboxylic acids is 2. The average molecular weight is 380 g/mol. The van der Waals surface area contributed by atoms with Crippen LogP contribution in [0.4, 0.5) is 4.79 Å². The molecule has 2 aromatic heterocycles. The van der Waals surface area contributed by atoms with E-state index in [4.69, 9.17) is 4.42 Å². The lowest BCUT2D eigenvalue weighted by molar-refractivity contribution is -0.119. The summed E-state index contributed by atoms with van der Waals surface area (Å²) < 4.78 is 5.70. The highest BCUT2D eigenvalue weighted by Gasteiger charge is 2.23. The topological polar surface area (TPSA) is 97.1 Å². The number of nitrogens with one attached hydrogen (secondary N) is 2. The third-order valence-electron chi connectivity index (χ3n) is 4.06. The third kappa shape index (κ3) is 4.21. The Balaban J connectivity index is 1.66. The molecule has 134 valence electrons. The van der Waals surface area contributed by atoms with E-state index >= 15 is 0 Å². The van der Waals surface area contributed by atoms with E-state index in [1.54, 1.807) is 18.3 Å². The fourth-order valence-electron chi connectivity index (χ4n) is 2.65. The molecule has 0 radical (unpaired) electrons. The minimum Gasteiger partial charge on any atom is -0.410 e. The van der Waals surface area contributed by atoms with Gasteiger partial charge in [0.1, 0.15) is 0 Å². The maximum atomic E-state index is 11.9. The van der Waals surface area contributed by atoms with Gasteiger partial charge in [0.05, 0.1) is 10.1 Å². The van der Waals surface area contributed by atoms with Crippen LogP contribution >= 0.6 is 23.1 Å². The van der Waals surface area contributed by atoms with Gasteiger partial charge >= 0.3 is 6.03 Å². The summed E-state index contributed by atoms with van der Waals surface area (Å²) in [5.41, 5.74) is 1.38. The number of carbonyl (C=O) groups is 2. The van der Waals surface area contributed by atoms with E-state index in [1.165, 1.54) is 23.9 Å². The highest BCUT2D eigenvalue weighted by atomic mass is 32.2. The van der Waals surface area contributed by atoms with Crippen LogP contribution in [-0.2, 0) is 17.6 Å². The van der Waals surface area contributed by atoms with Gasteiger partial charge in [0.25, 0.3) is 11.1 Å². The number of urea groups is 1. The molecule has 0 unspecified atom stereocenters. The summed E-state index contributed by atoms with van der Waals surface area (Å²) in [6.07, 6.45) is 3.42. The molecule has 0 spiro atoms. The Kier molecular flexibility index (Phi) is 5.43. The van der Waals surface area contributed by atoms with Gasteiger partial charge in [-0.15, -0.1) is 21.5 Å². The second kappa shape index (κ2) is 7.57. The van der Waals surface area contributed by atoms with Gasteiger partial charge < -0.3 is 9.73 Å². The van der Waals surface area contributed by atoms with Crippen molar-refractivity contribution < 1.29 is 14.0 Å². The zero-order chi connectivity index (χ0) is 18.0. The molecule has 0 aromatic carbocycles. The maximum absolute atomic E-state index is 11.9. The highest BCUT2D eigenvalue weighted by Crippen LogP contribution is 2.37. The first-order chi connectivity index (χ1) is 12.0. The van der Waals surface area contributed by atoms with Crippen LogP contribution < -0.4 is 10.6 Å². The molecular formula is C16H20N4O3S2. The van der Waals surface area contributed by atoms with E-state index in [0.717, 1.165) is 29.5 Å². The first-order valence-electron chi connectivity index (χ1n) is 8.11. The summed E-state index contributed by atoms with van der Waals surface area (Å²) >= 11 is 2.83. The molecule has 7 nitrogen and oxygen atoms in total. The average Bonchev–Trinajstić information content (AvgIpc) is 3.20. The maximum Gasteiger partial charge on any atom is 0.321 e. The fraction of sp³-hybridized carbons (Fsp3) is 0.500. The standard InChI is InChI=1S/C16H20N4O3S2/c1-8-4-5-11-10(6-8)7-12(25-11)14-19-20-16(23-14)24-9(2)13(21)18-15(22)17-3/h7-9H,4-6H2,1-3H3,(H2,17,18,21,22)/t8-,9+/m0/s1. The van der Waals surface area contributed by atoms with Gasteiger partial charge in [-0.1, -0.05) is 18.7 Å². The smallest absolute Gasteiger partial charge is 0.321 e. The van der Waals surface area contributed by atoms with E-state index in [1.807, 2.05) is 0 Å². The molecule has 0 saturated carbocycles. The first-order valence-corrected chi connectivity index (χ1v) is 9.80. The van der Waals surface area contributed by atoms with Gasteiger partial charge in [0, 0.05) is 11.9 Å². The van der Waals surface area contributed by atoms with Gasteiger partial charge in [0.2, 0.25) is 5.91 Å². The van der Waals surface area contributed by atoms with Crippen LogP contribution in [-0.4, -0.2) is 34.4 Å². The Morgan fingerprint density at radius 1 is 1.44 bits per heavy atom. The van der Waals surface area contributed by atoms with Crippen LogP contribution in [0.1, 0.15) is 30.7 Å². The van der Waals surface area contributed by atoms with Gasteiger partial charge in [0.15, 0.2) is 0 Å². The number of aryl methyl sites for hydroxylation is 1. The van der Waals surface area contributed by atoms with Gasteiger partial charge in [-0.25, -0.2) is 4.79 Å². The minimum absolute atomic E-state index is 0.314. The van der Waals surface area contributed by atoms with Gasteiger partial charge in [-0.05, 0) is 43.7 Å². The van der Waals surface area contributed by atoms with E-state index in [0.29, 0.717) is 17.0 Å². The van der Waals surface area contributed by atoms with Gasteiger partial charge in [-0.2, -0.15) is 0 Å². The number of hydrogen-bond donors (Lipinski definition) is 2. The van der Waals surface area contributed by atoms with Crippen molar-refractivity contribution in [3.63, 3.8) is 0 Å². The second-order valence-electron chi connectivity index (χ2n) is 6.11. The van der Waals surface area contributed by atoms with Crippen molar-refractivity contribution in [3.8, 4) is 10.8 Å². The molecule has 0 aliphatic heterocycles. The lowest BCUT2D eigenvalue weighted by atomic mass is 9.90. The van der Waals surface area contributed by atoms with Crippen molar-refractivity contribution in [3.05, 3.63) is 16.5 Å². The second-order valence-corrected chi connectivity index (χ2v) is 8.54. The summed E-state index contributed by atoms with van der Waals surface area (Å²) in [4.78, 5) is 25.4. The number of thioether (sulfide) groups is 1. The molecule has 1 aliphatic carbocycles. The molecule has 9 heteroatoms. The third-order valence-corrected chi connectivity index (χ3v) is 6.22. The molecule has 2 N–H and O–H groups in total. The largest absolute Gasteiger partial charge is 0.410 e. The molecule has 0 bridgehead atoms. The molecule has 1 aliphatic rings. The Labute approximate surface area is 154 Å². The number of amides is 3. The van der Waals surface area contributed by atoms with Crippen LogP contribution in [0.25, 0.3) is 10.8 Å². The van der Waals surface area contributed by atoms with E-state index in [9.17, 15) is 9.59 Å². The summed E-state index contributed by atoms with van der Waals surface area (Å²) in [6.45, 7) is 3.95. The van der Waals surface area contributed by atoms with Crippen LogP contribution in [0.3, 0.4) is 0 Å². The van der Waals surface area contributed by atoms with E-state index in [2.05, 4.69) is 33.8 Å². The molecule has 2 atom stereocenters. The highest BCUT2D eigenvalue weighted by molar-refractivity contribution is 8.00. The molecule has 2 heterocycles. The SMILES string of the molecule is CNC(=O)NC(=O)[C@@H](C)Sc1nnc(-c2cc3c(s2)CC[C@H](C)C3)o1. The monoisotopic (exact) mass is 380 g/mol. The molecule has 2 aromatic rings. The number of rotatable bonds is 4. The zero-order valence-electron chi connectivity index (χ0n) is 14.3. The fourth-order valence-corrected chi connectivity index (χ4v) is 4.46. The lowest BCUT2D eigenvalue weighted by Gasteiger charge is -2.16. The number of thiophene rings is 1. The van der Waals surface area contributed by atoms with Crippen molar-refractivity contribution in [2.45, 2.75) is 43.6 Å². The number of nitrogens with zero attached hydrogens (tertiary/aromatic N) is 2. The summed E-state index contributed by atoms with van der Waals surface area (Å²) in [5, 5.41) is 12.5. The number of imide groups is 1. The number of aromatic nitrogens is 2. The predicted octanol–water partition coefficient (Wildman–Crippen LogP) is 2.86. The van der Waals surface area contributed by atoms with Crippen molar-refractivity contribution in [1.82, 2.24) is 20.8 Å². The predicted molar refractivity (Wildman–Crippen MR) is 96.7 cm³/mol. The first kappa shape index (κ1) is 17.9. The Morgan fingerprint density at radius 3 is 3.00 bits per heavy atom. The Hall–Kier alpha value is -1.87. The van der Waals surface area contributed by atoms with Crippen LogP contribution in [0.15, 0.2) is 15.7 Å².